The number of aromatic amines is 4. The van der Waals surface area contributed by atoms with Crippen molar-refractivity contribution in [3.8, 4) is 40.0 Å². The number of imidazole rings is 3. The molecule has 6 N–H and O–H groups in total. The maximum absolute atomic E-state index is 4.99. The van der Waals surface area contributed by atoms with Crippen LogP contribution < -0.4 is 10.6 Å². The number of para-hydroxylation sites is 2. The van der Waals surface area contributed by atoms with E-state index in [2.05, 4.69) is 130 Å². The van der Waals surface area contributed by atoms with Crippen LogP contribution in [0, 0.1) is 6.92 Å². The van der Waals surface area contributed by atoms with Crippen LogP contribution in [0.4, 0.5) is 5.69 Å². The van der Waals surface area contributed by atoms with E-state index in [0.717, 1.165) is 136 Å². The molecule has 0 atom stereocenters. The third-order valence-corrected chi connectivity index (χ3v) is 13.1. The number of fused-ring (bicyclic) bond motifs is 4. The molecule has 0 saturated heterocycles. The summed E-state index contributed by atoms with van der Waals surface area (Å²) < 4.78 is 1.98. The molecule has 76 heavy (non-hydrogen) atoms. The summed E-state index contributed by atoms with van der Waals surface area (Å²) in [5.74, 6) is 1.40. The molecule has 8 aromatic heterocycles. The second kappa shape index (κ2) is 22.8. The van der Waals surface area contributed by atoms with E-state index in [-0.39, 0.29) is 0 Å². The second-order valence-electron chi connectivity index (χ2n) is 19.3. The number of aryl methyl sites for hydroxylation is 1. The van der Waals surface area contributed by atoms with Crippen LogP contribution in [0.5, 0.6) is 0 Å². The Labute approximate surface area is 446 Å². The van der Waals surface area contributed by atoms with Crippen molar-refractivity contribution in [2.45, 2.75) is 39.9 Å². The van der Waals surface area contributed by atoms with E-state index in [1.807, 2.05) is 119 Å². The molecule has 0 aliphatic heterocycles. The van der Waals surface area contributed by atoms with E-state index in [4.69, 9.17) is 15.0 Å². The number of allylic oxidation sites excluding steroid dienone is 5. The summed E-state index contributed by atoms with van der Waals surface area (Å²) in [6.07, 6.45) is 16.8. The number of H-pyrrole nitrogens is 4. The summed E-state index contributed by atoms with van der Waals surface area (Å²) in [6, 6.07) is 18.3. The quantitative estimate of drug-likeness (QED) is 0.0444. The number of thioether (sulfide) groups is 1. The monoisotopic (exact) mass is 1030 g/mol. The van der Waals surface area contributed by atoms with Crippen LogP contribution in [0.1, 0.15) is 44.6 Å². The Morgan fingerprint density at radius 1 is 0.789 bits per heavy atom. The first-order chi connectivity index (χ1) is 36.6. The number of pyridine rings is 3. The molecule has 386 valence electrons. The minimum absolute atomic E-state index is 0.527. The SMILES string of the molecule is C=C(CN(C)C)Nc1cncc(-c2cc3c(-c4nc5c(-n6cnc(C)c6)cccc5[nH]4)n[nH]c3cn2)c1.C=C/C(=C\C(=C/C)c1cc2c(-c3nc4c(/C(C)=C/SC(C)C)cccc4[nH]3)n[nH]c2cn1)NC(=C)CN(C)C. The molecule has 0 unspecified atom stereocenters. The molecule has 0 saturated carbocycles. The lowest BCUT2D eigenvalue weighted by Crippen LogP contribution is -2.23. The zero-order valence-electron chi connectivity index (χ0n) is 44.4. The summed E-state index contributed by atoms with van der Waals surface area (Å²) in [5, 5.41) is 26.6. The molecule has 0 spiro atoms. The van der Waals surface area contributed by atoms with Gasteiger partial charge >= 0.3 is 0 Å². The summed E-state index contributed by atoms with van der Waals surface area (Å²) in [6.45, 7) is 24.1. The molecule has 0 aliphatic carbocycles. The van der Waals surface area contributed by atoms with Crippen LogP contribution in [0.3, 0.4) is 0 Å². The summed E-state index contributed by atoms with van der Waals surface area (Å²) in [4.78, 5) is 39.0. The third kappa shape index (κ3) is 11.8. The zero-order chi connectivity index (χ0) is 53.6. The van der Waals surface area contributed by atoms with Gasteiger partial charge in [-0.2, -0.15) is 10.2 Å². The Morgan fingerprint density at radius 3 is 2.11 bits per heavy atom. The van der Waals surface area contributed by atoms with Crippen molar-refractivity contribution in [2.75, 3.05) is 46.6 Å². The maximum atomic E-state index is 4.99. The lowest BCUT2D eigenvalue weighted by atomic mass is 10.1. The molecular weight excluding hydrogens is 967 g/mol. The number of hydrogen-bond acceptors (Lipinski definition) is 13. The highest BCUT2D eigenvalue weighted by atomic mass is 32.2. The van der Waals surface area contributed by atoms with E-state index in [0.29, 0.717) is 11.1 Å². The van der Waals surface area contributed by atoms with Crippen LogP contribution >= 0.6 is 11.8 Å². The van der Waals surface area contributed by atoms with Gasteiger partial charge in [-0.05, 0) is 114 Å². The first-order valence-corrected chi connectivity index (χ1v) is 25.7. The van der Waals surface area contributed by atoms with Crippen LogP contribution in [-0.4, -0.2) is 121 Å². The van der Waals surface area contributed by atoms with Gasteiger partial charge in [0.15, 0.2) is 11.6 Å². The van der Waals surface area contributed by atoms with Gasteiger partial charge in [0.05, 0.1) is 81.0 Å². The molecular formula is C58H63N17S. The number of nitrogens with zero attached hydrogens (tertiary/aromatic N) is 11. The van der Waals surface area contributed by atoms with Gasteiger partial charge in [0, 0.05) is 69.7 Å². The van der Waals surface area contributed by atoms with Crippen LogP contribution in [0.15, 0.2) is 152 Å². The number of nitrogens with one attached hydrogen (secondary N) is 6. The van der Waals surface area contributed by atoms with Gasteiger partial charge in [-0.1, -0.05) is 57.9 Å². The van der Waals surface area contributed by atoms with Gasteiger partial charge < -0.3 is 35.0 Å². The van der Waals surface area contributed by atoms with Crippen molar-refractivity contribution in [1.29, 1.82) is 0 Å². The molecule has 0 fully saturated rings. The Kier molecular flexibility index (Phi) is 15.7. The predicted octanol–water partition coefficient (Wildman–Crippen LogP) is 11.7. The van der Waals surface area contributed by atoms with Crippen molar-refractivity contribution in [1.82, 2.24) is 80.0 Å². The average Bonchev–Trinajstić information content (AvgIpc) is 4.26. The zero-order valence-corrected chi connectivity index (χ0v) is 45.2. The number of aromatic nitrogens is 13. The number of likely N-dealkylation sites (N-methyl/N-ethyl adjacent to an activating group) is 2. The number of rotatable bonds is 18. The lowest BCUT2D eigenvalue weighted by Gasteiger charge is -2.15. The maximum Gasteiger partial charge on any atom is 0.159 e. The predicted molar refractivity (Wildman–Crippen MR) is 313 cm³/mol. The molecule has 0 radical (unpaired) electrons. The van der Waals surface area contributed by atoms with Gasteiger partial charge in [0.1, 0.15) is 16.9 Å². The summed E-state index contributed by atoms with van der Waals surface area (Å²) >= 11 is 1.81. The van der Waals surface area contributed by atoms with E-state index >= 15 is 0 Å². The molecule has 0 amide bonds. The van der Waals surface area contributed by atoms with E-state index in [1.54, 1.807) is 31.0 Å². The van der Waals surface area contributed by atoms with Crippen molar-refractivity contribution < 1.29 is 0 Å². The molecule has 0 bridgehead atoms. The Balaban J connectivity index is 0.000000186. The number of benzene rings is 2. The molecule has 8 heterocycles. The largest absolute Gasteiger partial charge is 0.358 e. The average molecular weight is 1030 g/mol. The van der Waals surface area contributed by atoms with Gasteiger partial charge in [-0.3, -0.25) is 25.1 Å². The topological polar surface area (TPSA) is 202 Å². The van der Waals surface area contributed by atoms with E-state index in [9.17, 15) is 0 Å². The standard InChI is InChI=1S/C31H37N7S.C27H26N10/c1-9-22(14-23(10-2)33-21(6)17-38(7)8)27-15-25-28(16-32-27)36-37-30(25)31-34-26-13-11-12-24(29(26)35-31)20(5)18-39-19(3)4;1-16-14-37(15-30-16)24-7-5-6-21-26(24)33-27(32-21)25-20-9-22(29-12-23(20)34-35-25)18-8-19(11-28-10-18)31-17(2)13-36(3)4/h9-16,18-19,33H,2,6,17H2,1,3-5,7-8H3,(H,34,35)(H,36,37);5-12,14-15,31H,2,13H2,1,3-4H3,(H,32,33)(H,34,35)/b20-18+,22-9+,23-14+;. The van der Waals surface area contributed by atoms with Crippen LogP contribution in [-0.2, 0) is 0 Å². The molecule has 2 aromatic carbocycles. The third-order valence-electron chi connectivity index (χ3n) is 12.1. The molecule has 0 aliphatic rings. The van der Waals surface area contributed by atoms with Crippen molar-refractivity contribution >= 4 is 72.5 Å². The van der Waals surface area contributed by atoms with E-state index < -0.39 is 0 Å². The minimum atomic E-state index is 0.527. The highest BCUT2D eigenvalue weighted by Gasteiger charge is 2.19. The van der Waals surface area contributed by atoms with E-state index in [1.165, 1.54) is 5.57 Å². The minimum Gasteiger partial charge on any atom is -0.358 e. The Hall–Kier alpha value is -8.71. The molecule has 10 rings (SSSR count). The highest BCUT2D eigenvalue weighted by Crippen LogP contribution is 2.34. The highest BCUT2D eigenvalue weighted by molar-refractivity contribution is 8.02. The van der Waals surface area contributed by atoms with Gasteiger partial charge in [-0.25, -0.2) is 15.0 Å². The Bertz CT molecular complexity index is 3850. The smallest absolute Gasteiger partial charge is 0.159 e. The normalized spacial score (nSPS) is 12.4. The number of anilines is 1. The fraction of sp³-hybridized carbons (Fsp3) is 0.207. The van der Waals surface area contributed by atoms with Gasteiger partial charge in [0.25, 0.3) is 0 Å². The fourth-order valence-corrected chi connectivity index (χ4v) is 9.29. The molecule has 18 heteroatoms. The first kappa shape index (κ1) is 52.2. The number of hydrogen-bond donors (Lipinski definition) is 6. The van der Waals surface area contributed by atoms with Crippen molar-refractivity contribution in [2.24, 2.45) is 0 Å². The van der Waals surface area contributed by atoms with Crippen molar-refractivity contribution in [3.63, 3.8) is 0 Å². The Morgan fingerprint density at radius 2 is 1.45 bits per heavy atom. The van der Waals surface area contributed by atoms with Gasteiger partial charge in [-0.15, -0.1) is 11.8 Å². The second-order valence-corrected chi connectivity index (χ2v) is 20.7. The van der Waals surface area contributed by atoms with Crippen molar-refractivity contribution in [3.05, 3.63) is 169 Å². The molecule has 17 nitrogen and oxygen atoms in total. The van der Waals surface area contributed by atoms with Crippen LogP contribution in [0.25, 0.3) is 95.0 Å². The summed E-state index contributed by atoms with van der Waals surface area (Å²) in [7, 11) is 8.03. The summed E-state index contributed by atoms with van der Waals surface area (Å²) in [5.41, 5.74) is 18.0. The molecule has 10 aromatic rings. The lowest BCUT2D eigenvalue weighted by molar-refractivity contribution is 0.438. The van der Waals surface area contributed by atoms with Gasteiger partial charge in [0.2, 0.25) is 0 Å². The van der Waals surface area contributed by atoms with Crippen LogP contribution in [0.2, 0.25) is 0 Å². The first-order valence-electron chi connectivity index (χ1n) is 24.8. The fourth-order valence-electron chi connectivity index (χ4n) is 8.68.